The van der Waals surface area contributed by atoms with Crippen LogP contribution in [0.2, 0.25) is 5.15 Å². The van der Waals surface area contributed by atoms with E-state index in [1.165, 1.54) is 18.2 Å². The number of alkyl halides is 3. The van der Waals surface area contributed by atoms with Gasteiger partial charge in [0.2, 0.25) is 0 Å². The first-order valence-electron chi connectivity index (χ1n) is 8.72. The van der Waals surface area contributed by atoms with Crippen molar-refractivity contribution in [3.05, 3.63) is 52.7 Å². The molecule has 0 unspecified atom stereocenters. The van der Waals surface area contributed by atoms with Gasteiger partial charge >= 0.3 is 6.18 Å². The minimum absolute atomic E-state index is 0.183. The third-order valence-corrected chi connectivity index (χ3v) is 4.58. The summed E-state index contributed by atoms with van der Waals surface area (Å²) in [7, 11) is 0. The number of para-hydroxylation sites is 2. The maximum absolute atomic E-state index is 13.4. The van der Waals surface area contributed by atoms with Crippen LogP contribution in [-0.2, 0) is 6.18 Å². The van der Waals surface area contributed by atoms with E-state index in [1.807, 2.05) is 0 Å². The minimum atomic E-state index is -4.63. The molecule has 0 radical (unpaired) electrons. The molecule has 0 N–H and O–H groups in total. The SMILES string of the molecule is FC(F)(F)c1nc2ccccc2nc1C=Cc1nc(Cl)cc(N2CCCC2)n1. The van der Waals surface area contributed by atoms with Crippen molar-refractivity contribution in [2.45, 2.75) is 19.0 Å². The van der Waals surface area contributed by atoms with Crippen LogP contribution >= 0.6 is 11.6 Å². The van der Waals surface area contributed by atoms with Crippen LogP contribution in [0.5, 0.6) is 0 Å². The largest absolute Gasteiger partial charge is 0.435 e. The number of hydrogen-bond acceptors (Lipinski definition) is 5. The fourth-order valence-corrected chi connectivity index (χ4v) is 3.28. The number of halogens is 4. The molecule has 5 nitrogen and oxygen atoms in total. The van der Waals surface area contributed by atoms with Gasteiger partial charge in [-0.1, -0.05) is 23.7 Å². The number of nitrogens with zero attached hydrogens (tertiary/aromatic N) is 5. The standard InChI is InChI=1S/C19H15ClF3N5/c20-15-11-17(28-9-3-4-10-28)27-16(26-15)8-7-14-18(19(21,22)23)25-13-6-2-1-5-12(13)24-14/h1-2,5-8,11H,3-4,9-10H2. The molecule has 0 saturated carbocycles. The summed E-state index contributed by atoms with van der Waals surface area (Å²) < 4.78 is 40.3. The molecule has 1 aliphatic heterocycles. The lowest BCUT2D eigenvalue weighted by Gasteiger charge is -2.16. The molecule has 9 heteroatoms. The van der Waals surface area contributed by atoms with E-state index < -0.39 is 11.9 Å². The molecule has 4 rings (SSSR count). The van der Waals surface area contributed by atoms with Crippen LogP contribution in [0, 0.1) is 0 Å². The molecule has 28 heavy (non-hydrogen) atoms. The van der Waals surface area contributed by atoms with E-state index in [1.54, 1.807) is 24.3 Å². The Balaban J connectivity index is 1.74. The van der Waals surface area contributed by atoms with Gasteiger partial charge in [-0.25, -0.2) is 19.9 Å². The normalized spacial score (nSPS) is 15.1. The van der Waals surface area contributed by atoms with Gasteiger partial charge in [0.1, 0.15) is 11.0 Å². The smallest absolute Gasteiger partial charge is 0.356 e. The highest BCUT2D eigenvalue weighted by atomic mass is 35.5. The van der Waals surface area contributed by atoms with Gasteiger partial charge in [-0.15, -0.1) is 0 Å². The number of benzene rings is 1. The predicted molar refractivity (Wildman–Crippen MR) is 102 cm³/mol. The van der Waals surface area contributed by atoms with Crippen molar-refractivity contribution in [1.29, 1.82) is 0 Å². The molecule has 0 amide bonds. The van der Waals surface area contributed by atoms with Gasteiger partial charge in [0.15, 0.2) is 11.5 Å². The summed E-state index contributed by atoms with van der Waals surface area (Å²) in [5.74, 6) is 0.885. The molecular weight excluding hydrogens is 391 g/mol. The maximum atomic E-state index is 13.4. The first kappa shape index (κ1) is 18.6. The summed E-state index contributed by atoms with van der Waals surface area (Å²) in [5.41, 5.74) is -0.788. The van der Waals surface area contributed by atoms with E-state index in [2.05, 4.69) is 24.8 Å². The van der Waals surface area contributed by atoms with E-state index in [9.17, 15) is 13.2 Å². The summed E-state index contributed by atoms with van der Waals surface area (Å²) in [4.78, 5) is 18.4. The second-order valence-electron chi connectivity index (χ2n) is 6.38. The number of aromatic nitrogens is 4. The van der Waals surface area contributed by atoms with Crippen LogP contribution in [0.4, 0.5) is 19.0 Å². The van der Waals surface area contributed by atoms with E-state index in [4.69, 9.17) is 11.6 Å². The molecule has 3 heterocycles. The van der Waals surface area contributed by atoms with Crippen molar-refractivity contribution in [2.75, 3.05) is 18.0 Å². The van der Waals surface area contributed by atoms with Crippen LogP contribution in [0.3, 0.4) is 0 Å². The second-order valence-corrected chi connectivity index (χ2v) is 6.77. The van der Waals surface area contributed by atoms with E-state index in [-0.39, 0.29) is 22.2 Å². The maximum Gasteiger partial charge on any atom is 0.435 e. The molecule has 2 aromatic heterocycles. The highest BCUT2D eigenvalue weighted by Gasteiger charge is 2.36. The Morgan fingerprint density at radius 2 is 1.61 bits per heavy atom. The topological polar surface area (TPSA) is 54.8 Å². The zero-order valence-electron chi connectivity index (χ0n) is 14.6. The summed E-state index contributed by atoms with van der Waals surface area (Å²) in [6.07, 6.45) is 0.0939. The number of hydrogen-bond donors (Lipinski definition) is 0. The molecule has 144 valence electrons. The van der Waals surface area contributed by atoms with Gasteiger partial charge < -0.3 is 4.90 Å². The van der Waals surface area contributed by atoms with Gasteiger partial charge in [0.25, 0.3) is 0 Å². The van der Waals surface area contributed by atoms with Crippen molar-refractivity contribution in [2.24, 2.45) is 0 Å². The predicted octanol–water partition coefficient (Wildman–Crippen LogP) is 4.86. The van der Waals surface area contributed by atoms with Crippen molar-refractivity contribution in [1.82, 2.24) is 19.9 Å². The molecule has 1 aromatic carbocycles. The monoisotopic (exact) mass is 405 g/mol. The Kier molecular flexibility index (Phi) is 4.89. The van der Waals surface area contributed by atoms with Crippen molar-refractivity contribution in [3.8, 4) is 0 Å². The average Bonchev–Trinajstić information content (AvgIpc) is 3.19. The summed E-state index contributed by atoms with van der Waals surface area (Å²) in [6, 6.07) is 8.07. The van der Waals surface area contributed by atoms with Gasteiger partial charge in [-0.3, -0.25) is 0 Å². The van der Waals surface area contributed by atoms with Crippen LogP contribution < -0.4 is 4.90 Å². The first-order chi connectivity index (χ1) is 13.4. The Bertz CT molecular complexity index is 1050. The van der Waals surface area contributed by atoms with E-state index in [0.29, 0.717) is 11.3 Å². The van der Waals surface area contributed by atoms with Gasteiger partial charge in [0.05, 0.1) is 16.7 Å². The Labute approximate surface area is 163 Å². The first-order valence-corrected chi connectivity index (χ1v) is 9.09. The molecular formula is C19H15ClF3N5. The highest BCUT2D eigenvalue weighted by molar-refractivity contribution is 6.29. The van der Waals surface area contributed by atoms with Crippen LogP contribution in [0.25, 0.3) is 23.2 Å². The van der Waals surface area contributed by atoms with Gasteiger partial charge in [-0.05, 0) is 37.1 Å². The van der Waals surface area contributed by atoms with Crippen LogP contribution in [0.15, 0.2) is 30.3 Å². The average molecular weight is 406 g/mol. The second kappa shape index (κ2) is 7.35. The molecule has 0 spiro atoms. The molecule has 0 bridgehead atoms. The molecule has 1 fully saturated rings. The van der Waals surface area contributed by atoms with E-state index >= 15 is 0 Å². The van der Waals surface area contributed by atoms with Gasteiger partial charge in [0, 0.05) is 19.2 Å². The number of fused-ring (bicyclic) bond motifs is 1. The highest BCUT2D eigenvalue weighted by Crippen LogP contribution is 2.32. The van der Waals surface area contributed by atoms with Crippen LogP contribution in [-0.4, -0.2) is 33.0 Å². The third-order valence-electron chi connectivity index (χ3n) is 4.39. The fraction of sp³-hybridized carbons (Fsp3) is 0.263. The number of rotatable bonds is 3. The summed E-state index contributed by atoms with van der Waals surface area (Å²) in [6.45, 7) is 1.73. The quantitative estimate of drug-likeness (QED) is 0.582. The van der Waals surface area contributed by atoms with Crippen molar-refractivity contribution < 1.29 is 13.2 Å². The molecule has 0 aliphatic carbocycles. The van der Waals surface area contributed by atoms with E-state index in [0.717, 1.165) is 25.9 Å². The Hall–Kier alpha value is -2.74. The minimum Gasteiger partial charge on any atom is -0.356 e. The Morgan fingerprint density at radius 1 is 0.929 bits per heavy atom. The summed E-state index contributed by atoms with van der Waals surface area (Å²) in [5, 5.41) is 0.234. The molecule has 3 aromatic rings. The van der Waals surface area contributed by atoms with Gasteiger partial charge in [-0.2, -0.15) is 13.2 Å². The lowest BCUT2D eigenvalue weighted by atomic mass is 10.2. The van der Waals surface area contributed by atoms with Crippen molar-refractivity contribution in [3.63, 3.8) is 0 Å². The zero-order valence-corrected chi connectivity index (χ0v) is 15.4. The molecule has 1 saturated heterocycles. The lowest BCUT2D eigenvalue weighted by molar-refractivity contribution is -0.141. The van der Waals surface area contributed by atoms with Crippen LogP contribution in [0.1, 0.15) is 30.1 Å². The summed E-state index contributed by atoms with van der Waals surface area (Å²) >= 11 is 6.07. The Morgan fingerprint density at radius 3 is 2.29 bits per heavy atom. The third kappa shape index (κ3) is 3.91. The number of anilines is 1. The lowest BCUT2D eigenvalue weighted by Crippen LogP contribution is -2.19. The van der Waals surface area contributed by atoms with Crippen molar-refractivity contribution >= 4 is 40.6 Å². The molecule has 0 atom stereocenters. The fourth-order valence-electron chi connectivity index (χ4n) is 3.10. The zero-order chi connectivity index (χ0) is 19.7. The molecule has 1 aliphatic rings.